The number of rotatable bonds is 4. The molecular weight excluding hydrogens is 232 g/mol. The summed E-state index contributed by atoms with van der Waals surface area (Å²) >= 11 is 0. The Hall–Kier alpha value is -0.650. The molecule has 1 N–H and O–H groups in total. The molecule has 0 amide bonds. The third kappa shape index (κ3) is 3.43. The minimum absolute atomic E-state index is 0.104. The Balaban J connectivity index is 1.78. The van der Waals surface area contributed by atoms with Crippen LogP contribution in [0.2, 0.25) is 0 Å². The number of carboxylic acids is 1. The monoisotopic (exact) mass is 256 g/mol. The van der Waals surface area contributed by atoms with Crippen molar-refractivity contribution in [2.75, 3.05) is 33.7 Å². The highest BCUT2D eigenvalue weighted by molar-refractivity contribution is 5.72. The van der Waals surface area contributed by atoms with Gasteiger partial charge in [-0.05, 0) is 46.3 Å². The van der Waals surface area contributed by atoms with Gasteiger partial charge in [0.15, 0.2) is 6.10 Å². The van der Waals surface area contributed by atoms with Gasteiger partial charge in [0.2, 0.25) is 0 Å². The number of carbonyl (C=O) groups is 1. The molecule has 0 aromatic heterocycles. The van der Waals surface area contributed by atoms with Crippen LogP contribution in [0.5, 0.6) is 0 Å². The fraction of sp³-hybridized carbons (Fsp3) is 0.923. The molecule has 5 heteroatoms. The van der Waals surface area contributed by atoms with Crippen LogP contribution >= 0.6 is 0 Å². The smallest absolute Gasteiger partial charge is 0.332 e. The first-order valence-corrected chi connectivity index (χ1v) is 6.83. The lowest BCUT2D eigenvalue weighted by molar-refractivity contribution is -0.149. The van der Waals surface area contributed by atoms with Gasteiger partial charge in [0.1, 0.15) is 0 Å². The normalized spacial score (nSPS) is 34.1. The first-order valence-electron chi connectivity index (χ1n) is 6.83. The highest BCUT2D eigenvalue weighted by atomic mass is 16.5. The van der Waals surface area contributed by atoms with Crippen molar-refractivity contribution in [2.24, 2.45) is 0 Å². The molecule has 2 saturated heterocycles. The molecule has 0 aromatic rings. The third-order valence-electron chi connectivity index (χ3n) is 4.06. The van der Waals surface area contributed by atoms with Crippen LogP contribution in [0.1, 0.15) is 25.7 Å². The zero-order valence-corrected chi connectivity index (χ0v) is 11.3. The van der Waals surface area contributed by atoms with Crippen LogP contribution in [0.3, 0.4) is 0 Å². The van der Waals surface area contributed by atoms with Crippen LogP contribution < -0.4 is 0 Å². The highest BCUT2D eigenvalue weighted by Crippen LogP contribution is 2.22. The molecule has 2 rings (SSSR count). The predicted octanol–water partition coefficient (Wildman–Crippen LogP) is 0.645. The van der Waals surface area contributed by atoms with E-state index in [1.165, 1.54) is 12.8 Å². The van der Waals surface area contributed by atoms with E-state index >= 15 is 0 Å². The zero-order chi connectivity index (χ0) is 13.1. The van der Waals surface area contributed by atoms with Crippen molar-refractivity contribution in [3.8, 4) is 0 Å². The molecule has 5 nitrogen and oxygen atoms in total. The standard InChI is InChI=1S/C13H24N2O3/c1-14(2)10-4-3-7-15(8-10)9-11-5-6-12(18-11)13(16)17/h10-12H,3-9H2,1-2H3,(H,16,17)/t10?,11-,12+/m0/s1. The molecule has 0 aromatic carbocycles. The van der Waals surface area contributed by atoms with Crippen LogP contribution in [0.4, 0.5) is 0 Å². The summed E-state index contributed by atoms with van der Waals surface area (Å²) in [6, 6.07) is 0.621. The van der Waals surface area contributed by atoms with E-state index in [2.05, 4.69) is 23.9 Å². The minimum atomic E-state index is -0.817. The van der Waals surface area contributed by atoms with Gasteiger partial charge < -0.3 is 14.7 Å². The van der Waals surface area contributed by atoms with E-state index in [0.717, 1.165) is 26.1 Å². The second kappa shape index (κ2) is 5.99. The summed E-state index contributed by atoms with van der Waals surface area (Å²) in [5.41, 5.74) is 0. The summed E-state index contributed by atoms with van der Waals surface area (Å²) in [7, 11) is 4.25. The van der Waals surface area contributed by atoms with Crippen LogP contribution in [0.15, 0.2) is 0 Å². The van der Waals surface area contributed by atoms with Gasteiger partial charge in [-0.25, -0.2) is 4.79 Å². The summed E-state index contributed by atoms with van der Waals surface area (Å²) in [6.45, 7) is 3.07. The second-order valence-electron chi connectivity index (χ2n) is 5.68. The molecule has 2 fully saturated rings. The number of nitrogens with zero attached hydrogens (tertiary/aromatic N) is 2. The third-order valence-corrected chi connectivity index (χ3v) is 4.06. The first-order chi connectivity index (χ1) is 8.56. The summed E-state index contributed by atoms with van der Waals surface area (Å²) in [5.74, 6) is -0.817. The van der Waals surface area contributed by atoms with Crippen molar-refractivity contribution in [3.63, 3.8) is 0 Å². The lowest BCUT2D eigenvalue weighted by Crippen LogP contribution is -2.47. The summed E-state index contributed by atoms with van der Waals surface area (Å²) < 4.78 is 5.57. The van der Waals surface area contributed by atoms with E-state index in [1.54, 1.807) is 0 Å². The predicted molar refractivity (Wildman–Crippen MR) is 68.7 cm³/mol. The van der Waals surface area contributed by atoms with Gasteiger partial charge >= 0.3 is 5.97 Å². The summed E-state index contributed by atoms with van der Waals surface area (Å²) in [6.07, 6.45) is 3.53. The van der Waals surface area contributed by atoms with Crippen molar-refractivity contribution in [1.82, 2.24) is 9.80 Å². The maximum Gasteiger partial charge on any atom is 0.332 e. The summed E-state index contributed by atoms with van der Waals surface area (Å²) in [5, 5.41) is 8.91. The molecule has 2 heterocycles. The zero-order valence-electron chi connectivity index (χ0n) is 11.3. The molecule has 3 atom stereocenters. The fourth-order valence-electron chi connectivity index (χ4n) is 2.93. The largest absolute Gasteiger partial charge is 0.479 e. The number of ether oxygens (including phenoxy) is 1. The Morgan fingerprint density at radius 1 is 1.39 bits per heavy atom. The van der Waals surface area contributed by atoms with Gasteiger partial charge in [-0.15, -0.1) is 0 Å². The number of hydrogen-bond acceptors (Lipinski definition) is 4. The molecule has 104 valence electrons. The van der Waals surface area contributed by atoms with Crippen molar-refractivity contribution >= 4 is 5.97 Å². The van der Waals surface area contributed by atoms with Gasteiger partial charge in [0.05, 0.1) is 6.10 Å². The fourth-order valence-corrected chi connectivity index (χ4v) is 2.93. The van der Waals surface area contributed by atoms with E-state index in [-0.39, 0.29) is 6.10 Å². The van der Waals surface area contributed by atoms with Gasteiger partial charge in [-0.2, -0.15) is 0 Å². The molecule has 1 unspecified atom stereocenters. The average molecular weight is 256 g/mol. The van der Waals surface area contributed by atoms with Crippen LogP contribution in [0.25, 0.3) is 0 Å². The molecule has 0 saturated carbocycles. The lowest BCUT2D eigenvalue weighted by Gasteiger charge is -2.37. The maximum atomic E-state index is 10.8. The minimum Gasteiger partial charge on any atom is -0.479 e. The molecule has 0 radical (unpaired) electrons. The van der Waals surface area contributed by atoms with Crippen molar-refractivity contribution in [3.05, 3.63) is 0 Å². The van der Waals surface area contributed by atoms with Crippen molar-refractivity contribution in [1.29, 1.82) is 0 Å². The van der Waals surface area contributed by atoms with Gasteiger partial charge in [0, 0.05) is 19.1 Å². The maximum absolute atomic E-state index is 10.8. The number of piperidine rings is 1. The van der Waals surface area contributed by atoms with Crippen molar-refractivity contribution < 1.29 is 14.6 Å². The Labute approximate surface area is 109 Å². The highest BCUT2D eigenvalue weighted by Gasteiger charge is 2.32. The van der Waals surface area contributed by atoms with Crippen molar-refractivity contribution in [2.45, 2.75) is 43.9 Å². The topological polar surface area (TPSA) is 53.0 Å². The number of likely N-dealkylation sites (tertiary alicyclic amines) is 1. The van der Waals surface area contributed by atoms with Gasteiger partial charge in [-0.3, -0.25) is 4.90 Å². The second-order valence-corrected chi connectivity index (χ2v) is 5.68. The number of hydrogen-bond donors (Lipinski definition) is 1. The van der Waals surface area contributed by atoms with E-state index in [9.17, 15) is 4.79 Å². The Morgan fingerprint density at radius 2 is 2.17 bits per heavy atom. The molecule has 0 aliphatic carbocycles. The number of aliphatic carboxylic acids is 1. The average Bonchev–Trinajstić information content (AvgIpc) is 2.78. The molecule has 2 aliphatic rings. The Bertz CT molecular complexity index is 296. The van der Waals surface area contributed by atoms with Crippen LogP contribution in [0, 0.1) is 0 Å². The molecule has 0 bridgehead atoms. The van der Waals surface area contributed by atoms with E-state index in [1.807, 2.05) is 0 Å². The molecule has 2 aliphatic heterocycles. The Morgan fingerprint density at radius 3 is 2.78 bits per heavy atom. The first kappa shape index (κ1) is 13.8. The van der Waals surface area contributed by atoms with Crippen LogP contribution in [-0.2, 0) is 9.53 Å². The lowest BCUT2D eigenvalue weighted by atomic mass is 10.0. The number of carboxylic acid groups (broad SMARTS) is 1. The SMILES string of the molecule is CN(C)C1CCCN(C[C@@H]2CC[C@H](C(=O)O)O2)C1. The molecule has 18 heavy (non-hydrogen) atoms. The van der Waals surface area contributed by atoms with E-state index < -0.39 is 12.1 Å². The van der Waals surface area contributed by atoms with Gasteiger partial charge in [0.25, 0.3) is 0 Å². The summed E-state index contributed by atoms with van der Waals surface area (Å²) in [4.78, 5) is 15.5. The van der Waals surface area contributed by atoms with Crippen LogP contribution in [-0.4, -0.2) is 72.9 Å². The van der Waals surface area contributed by atoms with E-state index in [0.29, 0.717) is 12.5 Å². The molecular formula is C13H24N2O3. The Kier molecular flexibility index (Phi) is 4.59. The molecule has 0 spiro atoms. The number of likely N-dealkylation sites (N-methyl/N-ethyl adjacent to an activating group) is 1. The van der Waals surface area contributed by atoms with Gasteiger partial charge in [-0.1, -0.05) is 0 Å². The quantitative estimate of drug-likeness (QED) is 0.800. The van der Waals surface area contributed by atoms with E-state index in [4.69, 9.17) is 9.84 Å².